The van der Waals surface area contributed by atoms with Gasteiger partial charge in [0.2, 0.25) is 0 Å². The Morgan fingerprint density at radius 1 is 1.03 bits per heavy atom. The maximum Gasteiger partial charge on any atom is 0.303 e. The standard InChI is InChI=1S/C20H20ClN5O8/c1-9(27)31-6-13-16(32-10(2)28)17(33-11(3)29)20(34-13)26-7-22-15-18(26)23-8-25-12(5-21)4-14(30)24-19(15)25/h4,7-8,13,16-17,20H,5-6H2,1-3H3/t13-,16-,17-,20-/m1/s1. The van der Waals surface area contributed by atoms with Crippen LogP contribution in [0.15, 0.2) is 23.5 Å². The third kappa shape index (κ3) is 4.43. The van der Waals surface area contributed by atoms with Gasteiger partial charge in [-0.2, -0.15) is 4.98 Å². The van der Waals surface area contributed by atoms with Crippen LogP contribution in [0.3, 0.4) is 0 Å². The van der Waals surface area contributed by atoms with Crippen molar-refractivity contribution < 1.29 is 33.3 Å². The number of rotatable bonds is 6. The smallest absolute Gasteiger partial charge is 0.303 e. The van der Waals surface area contributed by atoms with Crippen molar-refractivity contribution >= 4 is 46.3 Å². The van der Waals surface area contributed by atoms with Gasteiger partial charge < -0.3 is 18.9 Å². The molecule has 1 aliphatic heterocycles. The molecule has 0 saturated carbocycles. The zero-order chi connectivity index (χ0) is 24.6. The Kier molecular flexibility index (Phi) is 6.48. The number of hydrogen-bond acceptors (Lipinski definition) is 11. The molecule has 1 aliphatic rings. The zero-order valence-corrected chi connectivity index (χ0v) is 19.1. The highest BCUT2D eigenvalue weighted by atomic mass is 35.5. The van der Waals surface area contributed by atoms with Crippen LogP contribution in [-0.2, 0) is 39.2 Å². The number of hydrogen-bond donors (Lipinski definition) is 0. The van der Waals surface area contributed by atoms with Crippen LogP contribution in [0.5, 0.6) is 0 Å². The van der Waals surface area contributed by atoms with Gasteiger partial charge in [-0.05, 0) is 0 Å². The molecule has 180 valence electrons. The van der Waals surface area contributed by atoms with Gasteiger partial charge in [-0.1, -0.05) is 0 Å². The second-order valence-corrected chi connectivity index (χ2v) is 7.76. The fourth-order valence-electron chi connectivity index (χ4n) is 3.79. The number of fused-ring (bicyclic) bond motifs is 3. The first kappa shape index (κ1) is 23.6. The van der Waals surface area contributed by atoms with E-state index in [2.05, 4.69) is 15.0 Å². The third-order valence-electron chi connectivity index (χ3n) is 5.07. The van der Waals surface area contributed by atoms with Crippen LogP contribution in [0.25, 0.3) is 16.8 Å². The Bertz CT molecular complexity index is 1340. The van der Waals surface area contributed by atoms with Gasteiger partial charge in [-0.3, -0.25) is 28.1 Å². The number of halogens is 1. The van der Waals surface area contributed by atoms with E-state index in [0.29, 0.717) is 5.69 Å². The van der Waals surface area contributed by atoms with Crippen molar-refractivity contribution in [2.75, 3.05) is 6.61 Å². The number of carbonyl (C=O) groups excluding carboxylic acids is 3. The van der Waals surface area contributed by atoms with E-state index >= 15 is 0 Å². The molecule has 0 unspecified atom stereocenters. The van der Waals surface area contributed by atoms with Gasteiger partial charge in [0.15, 0.2) is 35.2 Å². The predicted molar refractivity (Wildman–Crippen MR) is 114 cm³/mol. The molecule has 0 N–H and O–H groups in total. The number of ether oxygens (including phenoxy) is 4. The molecule has 14 heteroatoms. The van der Waals surface area contributed by atoms with E-state index < -0.39 is 48.0 Å². The molecule has 1 fully saturated rings. The quantitative estimate of drug-likeness (QED) is 0.268. The van der Waals surface area contributed by atoms with Gasteiger partial charge in [0, 0.05) is 32.5 Å². The van der Waals surface area contributed by atoms with Crippen LogP contribution in [0.2, 0.25) is 0 Å². The summed E-state index contributed by atoms with van der Waals surface area (Å²) in [5.41, 5.74) is 0.734. The summed E-state index contributed by atoms with van der Waals surface area (Å²) in [6.45, 7) is 3.36. The molecule has 3 aromatic heterocycles. The summed E-state index contributed by atoms with van der Waals surface area (Å²) < 4.78 is 24.9. The minimum Gasteiger partial charge on any atom is -0.463 e. The molecule has 1 saturated heterocycles. The van der Waals surface area contributed by atoms with Crippen LogP contribution in [0.4, 0.5) is 0 Å². The SMILES string of the molecule is CC(=O)OC[C@H]1O[C@@H](n2cnc3c2ncn2c(CCl)cc(=O)nc32)[C@H](OC(C)=O)[C@@H]1OC(C)=O. The monoisotopic (exact) mass is 493 g/mol. The number of alkyl halides is 1. The Morgan fingerprint density at radius 2 is 1.74 bits per heavy atom. The molecular formula is C20H20ClN5O8. The van der Waals surface area contributed by atoms with Gasteiger partial charge in [0.1, 0.15) is 19.0 Å². The Balaban J connectivity index is 1.82. The summed E-state index contributed by atoms with van der Waals surface area (Å²) >= 11 is 5.94. The fourth-order valence-corrected chi connectivity index (χ4v) is 4.00. The topological polar surface area (TPSA) is 153 Å². The summed E-state index contributed by atoms with van der Waals surface area (Å²) in [6.07, 6.45) is -1.37. The lowest BCUT2D eigenvalue weighted by molar-refractivity contribution is -0.166. The van der Waals surface area contributed by atoms with E-state index in [1.165, 1.54) is 48.5 Å². The average Bonchev–Trinajstić information content (AvgIpc) is 3.33. The normalized spacial score (nSPS) is 22.1. The van der Waals surface area contributed by atoms with Crippen molar-refractivity contribution in [1.82, 2.24) is 23.9 Å². The minimum atomic E-state index is -1.11. The van der Waals surface area contributed by atoms with Crippen LogP contribution in [0, 0.1) is 0 Å². The van der Waals surface area contributed by atoms with Gasteiger partial charge >= 0.3 is 17.9 Å². The second kappa shape index (κ2) is 9.35. The Morgan fingerprint density at radius 3 is 2.38 bits per heavy atom. The highest BCUT2D eigenvalue weighted by molar-refractivity contribution is 6.16. The number of carbonyl (C=O) groups is 3. The molecule has 0 radical (unpaired) electrons. The van der Waals surface area contributed by atoms with Gasteiger partial charge in [0.25, 0.3) is 5.56 Å². The number of nitrogens with zero attached hydrogens (tertiary/aromatic N) is 5. The van der Waals surface area contributed by atoms with Crippen molar-refractivity contribution in [3.63, 3.8) is 0 Å². The summed E-state index contributed by atoms with van der Waals surface area (Å²) in [5, 5.41) is 0. The predicted octanol–water partition coefficient (Wildman–Crippen LogP) is 0.502. The lowest BCUT2D eigenvalue weighted by Crippen LogP contribution is -2.40. The van der Waals surface area contributed by atoms with Crippen molar-refractivity contribution in [1.29, 1.82) is 0 Å². The van der Waals surface area contributed by atoms with E-state index in [9.17, 15) is 19.2 Å². The molecule has 34 heavy (non-hydrogen) atoms. The first-order valence-electron chi connectivity index (χ1n) is 10.1. The van der Waals surface area contributed by atoms with Crippen molar-refractivity contribution in [2.24, 2.45) is 0 Å². The summed E-state index contributed by atoms with van der Waals surface area (Å²) in [6, 6.07) is 1.30. The highest BCUT2D eigenvalue weighted by Gasteiger charge is 2.51. The van der Waals surface area contributed by atoms with Crippen LogP contribution in [-0.4, -0.2) is 66.7 Å². The molecule has 13 nitrogen and oxygen atoms in total. The minimum absolute atomic E-state index is 0.0506. The van der Waals surface area contributed by atoms with E-state index in [0.717, 1.165) is 0 Å². The lowest BCUT2D eigenvalue weighted by Gasteiger charge is -2.23. The summed E-state index contributed by atoms with van der Waals surface area (Å²) in [7, 11) is 0. The largest absolute Gasteiger partial charge is 0.463 e. The third-order valence-corrected chi connectivity index (χ3v) is 5.34. The molecule has 0 amide bonds. The maximum atomic E-state index is 12.0. The van der Waals surface area contributed by atoms with Crippen LogP contribution >= 0.6 is 11.6 Å². The molecule has 0 aromatic carbocycles. The molecule has 4 atom stereocenters. The maximum absolute atomic E-state index is 12.0. The second-order valence-electron chi connectivity index (χ2n) is 7.50. The van der Waals surface area contributed by atoms with Gasteiger partial charge in [-0.25, -0.2) is 9.97 Å². The molecule has 0 spiro atoms. The Labute approximate surface area is 196 Å². The van der Waals surface area contributed by atoms with E-state index in [-0.39, 0.29) is 29.3 Å². The molecule has 3 aromatic rings. The first-order chi connectivity index (χ1) is 16.2. The zero-order valence-electron chi connectivity index (χ0n) is 18.3. The number of aromatic nitrogens is 5. The average molecular weight is 494 g/mol. The molecule has 4 heterocycles. The number of esters is 3. The molecule has 0 bridgehead atoms. The van der Waals surface area contributed by atoms with E-state index in [4.69, 9.17) is 30.5 Å². The van der Waals surface area contributed by atoms with Gasteiger partial charge in [0.05, 0.1) is 12.2 Å². The molecule has 4 rings (SSSR count). The Hall–Kier alpha value is -3.58. The first-order valence-corrected chi connectivity index (χ1v) is 10.7. The van der Waals surface area contributed by atoms with Crippen LogP contribution in [0.1, 0.15) is 32.7 Å². The highest BCUT2D eigenvalue weighted by Crippen LogP contribution is 2.36. The van der Waals surface area contributed by atoms with E-state index in [1.807, 2.05) is 0 Å². The summed E-state index contributed by atoms with van der Waals surface area (Å²) in [5.74, 6) is -1.80. The van der Waals surface area contributed by atoms with Crippen molar-refractivity contribution in [3.8, 4) is 0 Å². The lowest BCUT2D eigenvalue weighted by atomic mass is 10.1. The van der Waals surface area contributed by atoms with Crippen molar-refractivity contribution in [2.45, 2.75) is 51.2 Å². The molecule has 0 aliphatic carbocycles. The van der Waals surface area contributed by atoms with Crippen LogP contribution < -0.4 is 5.56 Å². The van der Waals surface area contributed by atoms with Gasteiger partial charge in [-0.15, -0.1) is 11.6 Å². The van der Waals surface area contributed by atoms with Crippen molar-refractivity contribution in [3.05, 3.63) is 34.8 Å². The summed E-state index contributed by atoms with van der Waals surface area (Å²) in [4.78, 5) is 59.7. The van der Waals surface area contributed by atoms with E-state index in [1.54, 1.807) is 0 Å². The molecular weight excluding hydrogens is 474 g/mol. The fraction of sp³-hybridized carbons (Fsp3) is 0.450. The number of imidazole rings is 1.